The summed E-state index contributed by atoms with van der Waals surface area (Å²) in [5, 5.41) is 3.15. The molecule has 16 heavy (non-hydrogen) atoms. The maximum Gasteiger partial charge on any atom is 0.149 e. The van der Waals surface area contributed by atoms with E-state index in [1.54, 1.807) is 13.0 Å². The zero-order chi connectivity index (χ0) is 12.3. The highest BCUT2D eigenvalue weighted by molar-refractivity contribution is 7.90. The molecule has 0 aliphatic heterocycles. The highest BCUT2D eigenvalue weighted by atomic mass is 35.5. The Morgan fingerprint density at radius 2 is 2.06 bits per heavy atom. The lowest BCUT2D eigenvalue weighted by Gasteiger charge is -2.14. The van der Waals surface area contributed by atoms with Crippen molar-refractivity contribution >= 4 is 27.1 Å². The van der Waals surface area contributed by atoms with Gasteiger partial charge in [0.2, 0.25) is 0 Å². The number of benzene rings is 1. The molecule has 1 aromatic rings. The van der Waals surface area contributed by atoms with Crippen LogP contribution in [0.4, 0.5) is 10.1 Å². The number of anilines is 1. The van der Waals surface area contributed by atoms with Crippen LogP contribution in [0.15, 0.2) is 18.2 Å². The predicted octanol–water partition coefficient (Wildman–Crippen LogP) is 2.32. The summed E-state index contributed by atoms with van der Waals surface area (Å²) in [5.74, 6) is -0.470. The molecule has 90 valence electrons. The van der Waals surface area contributed by atoms with Crippen LogP contribution >= 0.6 is 11.6 Å². The highest BCUT2D eigenvalue weighted by Gasteiger charge is 2.10. The van der Waals surface area contributed by atoms with E-state index in [1.807, 2.05) is 0 Å². The highest BCUT2D eigenvalue weighted by Crippen LogP contribution is 2.18. The quantitative estimate of drug-likeness (QED) is 0.909. The number of hydrogen-bond donors (Lipinski definition) is 1. The third kappa shape index (κ3) is 4.81. The van der Waals surface area contributed by atoms with E-state index in [1.165, 1.54) is 12.1 Å². The van der Waals surface area contributed by atoms with Crippen LogP contribution in [0.5, 0.6) is 0 Å². The molecule has 1 atom stereocenters. The molecule has 0 bridgehead atoms. The van der Waals surface area contributed by atoms with Crippen LogP contribution in [0, 0.1) is 5.82 Å². The summed E-state index contributed by atoms with van der Waals surface area (Å²) in [6.07, 6.45) is 1.16. The van der Waals surface area contributed by atoms with E-state index in [-0.39, 0.29) is 16.8 Å². The van der Waals surface area contributed by atoms with Gasteiger partial charge in [0, 0.05) is 23.0 Å². The topological polar surface area (TPSA) is 46.2 Å². The first-order valence-corrected chi connectivity index (χ1v) is 7.10. The number of sulfone groups is 1. The minimum absolute atomic E-state index is 0.0128. The standard InChI is InChI=1S/C10H13ClFNO2S/c1-7(6-16(2,14)15)13-10-4-8(11)3-9(12)5-10/h3-5,7,13H,6H2,1-2H3. The van der Waals surface area contributed by atoms with Gasteiger partial charge in [-0.05, 0) is 25.1 Å². The van der Waals surface area contributed by atoms with Crippen molar-refractivity contribution in [3.63, 3.8) is 0 Å². The van der Waals surface area contributed by atoms with E-state index in [4.69, 9.17) is 11.6 Å². The van der Waals surface area contributed by atoms with Gasteiger partial charge in [-0.1, -0.05) is 11.6 Å². The van der Waals surface area contributed by atoms with Crippen LogP contribution in [-0.4, -0.2) is 26.5 Å². The van der Waals surface area contributed by atoms with Gasteiger partial charge in [0.05, 0.1) is 5.75 Å². The summed E-state index contributed by atoms with van der Waals surface area (Å²) in [6, 6.07) is 3.70. The second kappa shape index (κ2) is 5.01. The van der Waals surface area contributed by atoms with Crippen LogP contribution in [-0.2, 0) is 9.84 Å². The molecule has 0 heterocycles. The molecule has 1 aromatic carbocycles. The minimum Gasteiger partial charge on any atom is -0.381 e. The van der Waals surface area contributed by atoms with E-state index in [0.717, 1.165) is 6.26 Å². The molecule has 0 saturated heterocycles. The fourth-order valence-corrected chi connectivity index (χ4v) is 2.63. The summed E-state index contributed by atoms with van der Waals surface area (Å²) in [4.78, 5) is 0. The minimum atomic E-state index is -3.05. The SMILES string of the molecule is CC(CS(C)(=O)=O)Nc1cc(F)cc(Cl)c1. The van der Waals surface area contributed by atoms with E-state index in [2.05, 4.69) is 5.32 Å². The Bertz CT molecular complexity index is 455. The predicted molar refractivity (Wildman–Crippen MR) is 64.2 cm³/mol. The normalized spacial score (nSPS) is 13.5. The monoisotopic (exact) mass is 265 g/mol. The van der Waals surface area contributed by atoms with Gasteiger partial charge in [-0.2, -0.15) is 0 Å². The third-order valence-corrected chi connectivity index (χ3v) is 3.15. The van der Waals surface area contributed by atoms with Crippen LogP contribution in [0.1, 0.15) is 6.92 Å². The van der Waals surface area contributed by atoms with Crippen LogP contribution in [0.2, 0.25) is 5.02 Å². The lowest BCUT2D eigenvalue weighted by atomic mass is 10.3. The van der Waals surface area contributed by atoms with E-state index in [0.29, 0.717) is 5.69 Å². The zero-order valence-corrected chi connectivity index (χ0v) is 10.6. The molecule has 0 radical (unpaired) electrons. The van der Waals surface area contributed by atoms with Gasteiger partial charge in [0.25, 0.3) is 0 Å². The first kappa shape index (κ1) is 13.3. The van der Waals surface area contributed by atoms with Crippen molar-refractivity contribution in [1.29, 1.82) is 0 Å². The average molecular weight is 266 g/mol. The largest absolute Gasteiger partial charge is 0.381 e. The molecule has 0 aliphatic rings. The smallest absolute Gasteiger partial charge is 0.149 e. The first-order chi connectivity index (χ1) is 7.26. The fourth-order valence-electron chi connectivity index (χ4n) is 1.42. The number of hydrogen-bond acceptors (Lipinski definition) is 3. The third-order valence-electron chi connectivity index (χ3n) is 1.83. The van der Waals surface area contributed by atoms with Gasteiger partial charge in [-0.25, -0.2) is 12.8 Å². The van der Waals surface area contributed by atoms with Crippen molar-refractivity contribution in [2.75, 3.05) is 17.3 Å². The van der Waals surface area contributed by atoms with E-state index >= 15 is 0 Å². The van der Waals surface area contributed by atoms with Gasteiger partial charge in [-0.15, -0.1) is 0 Å². The second-order valence-electron chi connectivity index (χ2n) is 3.80. The Morgan fingerprint density at radius 3 is 2.56 bits per heavy atom. The molecule has 1 N–H and O–H groups in total. The van der Waals surface area contributed by atoms with Crippen LogP contribution < -0.4 is 5.32 Å². The van der Waals surface area contributed by atoms with Gasteiger partial charge in [0.1, 0.15) is 15.7 Å². The van der Waals surface area contributed by atoms with Crippen molar-refractivity contribution in [2.45, 2.75) is 13.0 Å². The zero-order valence-electron chi connectivity index (χ0n) is 9.00. The van der Waals surface area contributed by atoms with Crippen LogP contribution in [0.3, 0.4) is 0 Å². The summed E-state index contributed by atoms with van der Waals surface area (Å²) in [7, 11) is -3.05. The van der Waals surface area contributed by atoms with Gasteiger partial charge >= 0.3 is 0 Å². The van der Waals surface area contributed by atoms with Gasteiger partial charge < -0.3 is 5.32 Å². The molecule has 0 aliphatic carbocycles. The molecule has 0 amide bonds. The molecule has 0 fully saturated rings. The molecule has 6 heteroatoms. The van der Waals surface area contributed by atoms with Crippen molar-refractivity contribution in [2.24, 2.45) is 0 Å². The summed E-state index contributed by atoms with van der Waals surface area (Å²) >= 11 is 5.67. The maximum absolute atomic E-state index is 13.0. The second-order valence-corrected chi connectivity index (χ2v) is 6.42. The Morgan fingerprint density at radius 1 is 1.44 bits per heavy atom. The molecule has 1 unspecified atom stereocenters. The van der Waals surface area contributed by atoms with Crippen molar-refractivity contribution in [3.8, 4) is 0 Å². The Labute approximate surface area is 99.5 Å². The molecule has 3 nitrogen and oxygen atoms in total. The molecule has 1 rings (SSSR count). The van der Waals surface area contributed by atoms with Crippen molar-refractivity contribution in [1.82, 2.24) is 0 Å². The fraction of sp³-hybridized carbons (Fsp3) is 0.400. The van der Waals surface area contributed by atoms with Crippen molar-refractivity contribution < 1.29 is 12.8 Å². The molecular weight excluding hydrogens is 253 g/mol. The summed E-state index contributed by atoms with van der Waals surface area (Å²) in [6.45, 7) is 1.71. The summed E-state index contributed by atoms with van der Waals surface area (Å²) in [5.41, 5.74) is 0.473. The Hall–Kier alpha value is -0.810. The lowest BCUT2D eigenvalue weighted by Crippen LogP contribution is -2.25. The van der Waals surface area contributed by atoms with Gasteiger partial charge in [0.15, 0.2) is 0 Å². The lowest BCUT2D eigenvalue weighted by molar-refractivity contribution is 0.598. The molecule has 0 saturated carbocycles. The van der Waals surface area contributed by atoms with E-state index in [9.17, 15) is 12.8 Å². The average Bonchev–Trinajstić information content (AvgIpc) is 1.96. The summed E-state index contributed by atoms with van der Waals surface area (Å²) < 4.78 is 35.0. The molecule has 0 aromatic heterocycles. The Kier molecular flexibility index (Phi) is 4.15. The number of nitrogens with one attached hydrogen (secondary N) is 1. The number of halogens is 2. The molecule has 0 spiro atoms. The molecular formula is C10H13ClFNO2S. The Balaban J connectivity index is 2.73. The van der Waals surface area contributed by atoms with Gasteiger partial charge in [-0.3, -0.25) is 0 Å². The van der Waals surface area contributed by atoms with Crippen LogP contribution in [0.25, 0.3) is 0 Å². The van der Waals surface area contributed by atoms with E-state index < -0.39 is 15.7 Å². The number of rotatable bonds is 4. The first-order valence-electron chi connectivity index (χ1n) is 4.66. The van der Waals surface area contributed by atoms with Crippen molar-refractivity contribution in [3.05, 3.63) is 29.0 Å². The maximum atomic E-state index is 13.0.